The Morgan fingerprint density at radius 1 is 0.915 bits per heavy atom. The number of rotatable bonds is 26. The first-order valence-corrected chi connectivity index (χ1v) is 30.0. The molecule has 82 heavy (non-hydrogen) atoms. The number of urea groups is 1. The third-order valence-corrected chi connectivity index (χ3v) is 18.6. The summed E-state index contributed by atoms with van der Waals surface area (Å²) in [7, 11) is 1.45. The maximum absolute atomic E-state index is 15.0. The number of unbranched alkanes of at least 4 members (excludes halogenated alkanes) is 1. The Bertz CT molecular complexity index is 2960. The van der Waals surface area contributed by atoms with E-state index in [9.17, 15) is 49.2 Å². The molecule has 7 rings (SSSR count). The van der Waals surface area contributed by atoms with Gasteiger partial charge in [-0.3, -0.25) is 34.0 Å². The zero-order chi connectivity index (χ0) is 60.3. The second-order valence-corrected chi connectivity index (χ2v) is 25.5. The molecule has 0 aliphatic carbocycles. The Hall–Kier alpha value is -5.81. The summed E-state index contributed by atoms with van der Waals surface area (Å²) in [4.78, 5) is 91.9. The minimum absolute atomic E-state index is 0.00617. The Balaban J connectivity index is 1.10. The first kappa shape index (κ1) is 63.8. The van der Waals surface area contributed by atoms with Gasteiger partial charge in [0.05, 0.1) is 59.5 Å². The number of hydrogen-bond donors (Lipinski definition) is 8. The maximum atomic E-state index is 15.0. The summed E-state index contributed by atoms with van der Waals surface area (Å²) >= 11 is 1.82. The highest BCUT2D eigenvalue weighted by molar-refractivity contribution is 8.00. The standard InChI is InChI=1S/C60H87N7O14S/c1-29(2)27-67-23-21-60(22-24-67)65-47-43-44(52(73)36(10)55-45(43)56(75)59(12,81-55)79-25-20-40(78-13)33(7)54(80-37(11)68)35(9)51(72)34(8)50(71)30(3)4)53(74)49(48(47)66-60)63-57(76)32(6)19-18-31(5)39(69)26-61-42(70)17-15-14-16-41-46-38(28-82-41)62-58(77)64-46/h19-20,25,29-31,33-35,38,40-41,46,50-51,54,71-74H,14-18,21-24,26-28H2,1-13H3,(H,61,70)(H,63,76)(H2,62,64,77)/b25-20+,32-19-/t31?,33-,34-,35-,38?,40+,41?,46?,50+,51-,54-,59+/m1/s1. The van der Waals surface area contributed by atoms with Crippen molar-refractivity contribution in [2.75, 3.05) is 44.4 Å². The molecule has 3 fully saturated rings. The minimum atomic E-state index is -2.03. The van der Waals surface area contributed by atoms with Crippen molar-refractivity contribution in [3.8, 4) is 17.2 Å². The van der Waals surface area contributed by atoms with Gasteiger partial charge in [0.1, 0.15) is 28.6 Å². The molecule has 5 heterocycles. The van der Waals surface area contributed by atoms with Crippen molar-refractivity contribution in [2.45, 2.75) is 181 Å². The fourth-order valence-electron chi connectivity index (χ4n) is 12.1. The third-order valence-electron chi connectivity index (χ3n) is 17.1. The van der Waals surface area contributed by atoms with Gasteiger partial charge in [-0.05, 0) is 51.0 Å². The molecule has 0 bridgehead atoms. The lowest BCUT2D eigenvalue weighted by Crippen LogP contribution is -2.46. The number of nitrogens with zero attached hydrogens (tertiary/aromatic N) is 3. The van der Waals surface area contributed by atoms with E-state index in [0.717, 1.165) is 25.1 Å². The number of esters is 1. The first-order valence-electron chi connectivity index (χ1n) is 29.0. The quantitative estimate of drug-likeness (QED) is 0.0141. The van der Waals surface area contributed by atoms with Crippen molar-refractivity contribution >= 4 is 63.6 Å². The average molecular weight is 1160 g/mol. The molecule has 0 saturated carbocycles. The van der Waals surface area contributed by atoms with Gasteiger partial charge < -0.3 is 65.5 Å². The summed E-state index contributed by atoms with van der Waals surface area (Å²) in [5.41, 5.74) is -0.852. The van der Waals surface area contributed by atoms with E-state index in [4.69, 9.17) is 28.9 Å². The summed E-state index contributed by atoms with van der Waals surface area (Å²) in [5.74, 6) is -6.47. The van der Waals surface area contributed by atoms with Gasteiger partial charge >= 0.3 is 17.8 Å². The summed E-state index contributed by atoms with van der Waals surface area (Å²) in [6.45, 7) is 22.8. The molecule has 12 atom stereocenters. The van der Waals surface area contributed by atoms with Gasteiger partial charge in [-0.25, -0.2) is 4.79 Å². The largest absolute Gasteiger partial charge is 0.507 e. The molecule has 3 saturated heterocycles. The van der Waals surface area contributed by atoms with Crippen molar-refractivity contribution in [1.82, 2.24) is 20.9 Å². The number of phenolic OH excluding ortho intramolecular Hbond substituents is 2. The van der Waals surface area contributed by atoms with Gasteiger partial charge in [-0.15, -0.1) is 0 Å². The van der Waals surface area contributed by atoms with E-state index < -0.39 is 88.7 Å². The number of ether oxygens (including phenoxy) is 4. The van der Waals surface area contributed by atoms with Crippen LogP contribution in [0.4, 0.5) is 10.5 Å². The van der Waals surface area contributed by atoms with Crippen LogP contribution in [0, 0.1) is 42.4 Å². The Morgan fingerprint density at radius 2 is 1.60 bits per heavy atom. The van der Waals surface area contributed by atoms with Gasteiger partial charge in [-0.2, -0.15) is 11.8 Å². The molecule has 452 valence electrons. The number of nitrogens with one attached hydrogen (secondary N) is 4. The SMILES string of the molecule is CO[C@@H](/C=C/O[C@@]1(C)Oc2c(C)c(O)c3c(O)c(NC(=O)/C(C)=C\CC(C)C(=O)CNC(=O)CCCCC4SCC5NC(=O)NC54)c4c(c3c2C1=O)=NC1(CCN(CC(C)C)CC1)N=4)[C@@H](C)[C@@H](OC(C)=O)[C@H](C)[C@H](O)[C@H](C)[C@@H](O)C(C)C. The van der Waals surface area contributed by atoms with E-state index in [1.165, 1.54) is 40.2 Å². The van der Waals surface area contributed by atoms with Crippen molar-refractivity contribution in [2.24, 2.45) is 45.5 Å². The van der Waals surface area contributed by atoms with Crippen LogP contribution in [-0.4, -0.2) is 153 Å². The summed E-state index contributed by atoms with van der Waals surface area (Å²) < 4.78 is 24.1. The number of Topliss-reactive ketones (excluding diaryl/α,β-unsaturated/α-hetero) is 2. The summed E-state index contributed by atoms with van der Waals surface area (Å²) in [6.07, 6.45) is 4.62. The Morgan fingerprint density at radius 3 is 2.24 bits per heavy atom. The molecular weight excluding hydrogens is 1070 g/mol. The number of piperidine rings is 1. The molecule has 21 nitrogen and oxygen atoms in total. The van der Waals surface area contributed by atoms with E-state index in [-0.39, 0.29) is 105 Å². The lowest BCUT2D eigenvalue weighted by molar-refractivity contribution is -0.160. The topological polar surface area (TPSA) is 296 Å². The fourth-order valence-corrected chi connectivity index (χ4v) is 13.6. The second-order valence-electron chi connectivity index (χ2n) is 24.2. The number of carbonyl (C=O) groups is 6. The van der Waals surface area contributed by atoms with Crippen LogP contribution in [0.15, 0.2) is 34.0 Å². The molecule has 2 aromatic rings. The third kappa shape index (κ3) is 13.7. The number of ketones is 2. The van der Waals surface area contributed by atoms with E-state index in [1.54, 1.807) is 40.7 Å². The van der Waals surface area contributed by atoms with Crippen LogP contribution in [0.2, 0.25) is 0 Å². The molecule has 4 unspecified atom stereocenters. The van der Waals surface area contributed by atoms with Crippen LogP contribution in [-0.2, 0) is 33.4 Å². The normalized spacial score (nSPS) is 24.1. The van der Waals surface area contributed by atoms with Crippen LogP contribution < -0.4 is 36.7 Å². The smallest absolute Gasteiger partial charge is 0.315 e. The van der Waals surface area contributed by atoms with Crippen molar-refractivity contribution in [3.05, 3.63) is 45.8 Å². The minimum Gasteiger partial charge on any atom is -0.507 e. The highest BCUT2D eigenvalue weighted by Crippen LogP contribution is 2.50. The number of methoxy groups -OCH3 is 1. The molecule has 0 radical (unpaired) electrons. The van der Waals surface area contributed by atoms with Crippen LogP contribution >= 0.6 is 11.8 Å². The number of amides is 4. The lowest BCUT2D eigenvalue weighted by Gasteiger charge is -2.37. The van der Waals surface area contributed by atoms with Crippen molar-refractivity contribution < 1.29 is 68.1 Å². The number of anilines is 1. The number of aliphatic hydroxyl groups excluding tert-OH is 2. The number of allylic oxidation sites excluding steroid dienone is 1. The molecule has 5 aliphatic rings. The molecule has 22 heteroatoms. The van der Waals surface area contributed by atoms with Crippen molar-refractivity contribution in [1.29, 1.82) is 0 Å². The highest BCUT2D eigenvalue weighted by Gasteiger charge is 2.50. The molecular formula is C60H87N7O14S. The average Bonchev–Trinajstić information content (AvgIpc) is 2.25. The zero-order valence-electron chi connectivity index (χ0n) is 49.8. The molecule has 0 aromatic heterocycles. The number of hydrogen-bond acceptors (Lipinski definition) is 18. The number of likely N-dealkylation sites (tertiary alicyclic amines) is 1. The molecule has 1 spiro atoms. The molecule has 4 amide bonds. The van der Waals surface area contributed by atoms with E-state index >= 15 is 0 Å². The highest BCUT2D eigenvalue weighted by atomic mass is 32.2. The first-order chi connectivity index (χ1) is 38.6. The molecule has 2 aromatic carbocycles. The number of aromatic hydroxyl groups is 2. The van der Waals surface area contributed by atoms with Crippen LogP contribution in [0.5, 0.6) is 17.2 Å². The number of thioether (sulfide) groups is 1. The predicted molar refractivity (Wildman–Crippen MR) is 310 cm³/mol. The van der Waals surface area contributed by atoms with E-state index in [0.29, 0.717) is 43.5 Å². The van der Waals surface area contributed by atoms with E-state index in [2.05, 4.69) is 40.0 Å². The zero-order valence-corrected chi connectivity index (χ0v) is 50.7. The van der Waals surface area contributed by atoms with E-state index in [1.807, 2.05) is 25.6 Å². The monoisotopic (exact) mass is 1160 g/mol. The van der Waals surface area contributed by atoms with Gasteiger partial charge in [0.2, 0.25) is 5.91 Å². The molecule has 8 N–H and O–H groups in total. The van der Waals surface area contributed by atoms with Gasteiger partial charge in [0, 0.05) is 111 Å². The van der Waals surface area contributed by atoms with Gasteiger partial charge in [0.25, 0.3) is 11.7 Å². The number of aliphatic hydroxyl groups is 2. The number of carbonyl (C=O) groups excluding carboxylic acids is 6. The van der Waals surface area contributed by atoms with Gasteiger partial charge in [0.15, 0.2) is 17.2 Å². The maximum Gasteiger partial charge on any atom is 0.315 e. The number of fused-ring (bicyclic) bond motifs is 6. The lowest BCUT2D eigenvalue weighted by atomic mass is 9.78. The fraction of sp³-hybridized carbons (Fsp3) is 0.667. The predicted octanol–water partition coefficient (Wildman–Crippen LogP) is 5.64. The Labute approximate surface area is 484 Å². The second kappa shape index (κ2) is 26.4. The summed E-state index contributed by atoms with van der Waals surface area (Å²) in [5, 5.41) is 58.6. The van der Waals surface area contributed by atoms with Crippen molar-refractivity contribution in [3.63, 3.8) is 0 Å². The van der Waals surface area contributed by atoms with Crippen LogP contribution in [0.3, 0.4) is 0 Å². The molecule has 5 aliphatic heterocycles. The number of benzene rings is 2. The summed E-state index contributed by atoms with van der Waals surface area (Å²) in [6, 6.07) is 0.113. The Kier molecular flexibility index (Phi) is 20.5. The van der Waals surface area contributed by atoms with Gasteiger partial charge in [-0.1, -0.05) is 67.9 Å². The van der Waals surface area contributed by atoms with Crippen LogP contribution in [0.25, 0.3) is 10.8 Å². The number of phenols is 2. The van der Waals surface area contributed by atoms with Crippen LogP contribution in [0.1, 0.15) is 137 Å².